The van der Waals surface area contributed by atoms with Crippen LogP contribution in [0.5, 0.6) is 11.5 Å². The highest BCUT2D eigenvalue weighted by Crippen LogP contribution is 2.48. The minimum absolute atomic E-state index is 0.0186. The number of aromatic hydroxyl groups is 1. The SMILES string of the molecule is COc1c(C)c(C)cc(C2(C(=O)O)CCCC2)c1O. The topological polar surface area (TPSA) is 66.8 Å². The lowest BCUT2D eigenvalue weighted by atomic mass is 9.77. The number of hydrogen-bond donors (Lipinski definition) is 2. The molecular formula is C15H20O4. The first kappa shape index (κ1) is 13.7. The molecule has 1 saturated carbocycles. The first-order valence-electron chi connectivity index (χ1n) is 6.55. The molecule has 0 spiro atoms. The van der Waals surface area contributed by atoms with E-state index in [1.807, 2.05) is 13.8 Å². The molecule has 1 aliphatic rings. The van der Waals surface area contributed by atoms with Gasteiger partial charge in [0.25, 0.3) is 0 Å². The second kappa shape index (κ2) is 4.76. The smallest absolute Gasteiger partial charge is 0.314 e. The van der Waals surface area contributed by atoms with Crippen LogP contribution < -0.4 is 4.74 Å². The van der Waals surface area contributed by atoms with Gasteiger partial charge in [-0.15, -0.1) is 0 Å². The monoisotopic (exact) mass is 264 g/mol. The highest BCUT2D eigenvalue weighted by molar-refractivity contribution is 5.83. The number of benzene rings is 1. The summed E-state index contributed by atoms with van der Waals surface area (Å²) in [6.45, 7) is 3.77. The Morgan fingerprint density at radius 3 is 2.37 bits per heavy atom. The second-order valence-electron chi connectivity index (χ2n) is 5.34. The van der Waals surface area contributed by atoms with Crippen LogP contribution in [0.1, 0.15) is 42.4 Å². The van der Waals surface area contributed by atoms with E-state index in [2.05, 4.69) is 0 Å². The second-order valence-corrected chi connectivity index (χ2v) is 5.34. The number of phenolic OH excluding ortho intramolecular Hbond substituents is 1. The summed E-state index contributed by atoms with van der Waals surface area (Å²) >= 11 is 0. The molecule has 2 N–H and O–H groups in total. The van der Waals surface area contributed by atoms with Crippen molar-refractivity contribution in [2.24, 2.45) is 0 Å². The number of carbonyl (C=O) groups is 1. The molecule has 0 heterocycles. The summed E-state index contributed by atoms with van der Waals surface area (Å²) in [6.07, 6.45) is 2.89. The van der Waals surface area contributed by atoms with Gasteiger partial charge in [0.1, 0.15) is 0 Å². The van der Waals surface area contributed by atoms with Crippen molar-refractivity contribution >= 4 is 5.97 Å². The molecule has 4 heteroatoms. The maximum atomic E-state index is 11.7. The van der Waals surface area contributed by atoms with Gasteiger partial charge < -0.3 is 14.9 Å². The van der Waals surface area contributed by atoms with Crippen LogP contribution in [0.3, 0.4) is 0 Å². The maximum Gasteiger partial charge on any atom is 0.314 e. The van der Waals surface area contributed by atoms with E-state index >= 15 is 0 Å². The number of rotatable bonds is 3. The highest BCUT2D eigenvalue weighted by Gasteiger charge is 2.45. The van der Waals surface area contributed by atoms with Crippen molar-refractivity contribution in [2.45, 2.75) is 44.9 Å². The van der Waals surface area contributed by atoms with Crippen molar-refractivity contribution < 1.29 is 19.7 Å². The molecular weight excluding hydrogens is 244 g/mol. The minimum atomic E-state index is -0.962. The molecule has 1 aliphatic carbocycles. The van der Waals surface area contributed by atoms with Gasteiger partial charge in [-0.25, -0.2) is 0 Å². The van der Waals surface area contributed by atoms with Gasteiger partial charge in [0.15, 0.2) is 11.5 Å². The standard InChI is InChI=1S/C15H20O4/c1-9-8-11(12(16)13(19-3)10(9)2)15(14(17)18)6-4-5-7-15/h8,16H,4-7H2,1-3H3,(H,17,18). The predicted molar refractivity (Wildman–Crippen MR) is 71.9 cm³/mol. The van der Waals surface area contributed by atoms with Gasteiger partial charge in [-0.3, -0.25) is 4.79 Å². The largest absolute Gasteiger partial charge is 0.504 e. The van der Waals surface area contributed by atoms with Gasteiger partial charge in [-0.05, 0) is 37.8 Å². The minimum Gasteiger partial charge on any atom is -0.504 e. The van der Waals surface area contributed by atoms with E-state index in [1.165, 1.54) is 7.11 Å². The van der Waals surface area contributed by atoms with E-state index in [4.69, 9.17) is 4.74 Å². The van der Waals surface area contributed by atoms with Crippen molar-refractivity contribution in [3.63, 3.8) is 0 Å². The molecule has 4 nitrogen and oxygen atoms in total. The first-order valence-corrected chi connectivity index (χ1v) is 6.55. The summed E-state index contributed by atoms with van der Waals surface area (Å²) in [7, 11) is 1.49. The summed E-state index contributed by atoms with van der Waals surface area (Å²) in [5.74, 6) is -0.483. The van der Waals surface area contributed by atoms with Crippen LogP contribution in [-0.4, -0.2) is 23.3 Å². The van der Waals surface area contributed by atoms with E-state index in [1.54, 1.807) is 6.07 Å². The van der Waals surface area contributed by atoms with Crippen molar-refractivity contribution in [1.29, 1.82) is 0 Å². The average molecular weight is 264 g/mol. The fourth-order valence-corrected chi connectivity index (χ4v) is 3.06. The predicted octanol–water partition coefficient (Wildman–Crippen LogP) is 2.91. The number of methoxy groups -OCH3 is 1. The Morgan fingerprint density at radius 2 is 1.89 bits per heavy atom. The summed E-state index contributed by atoms with van der Waals surface area (Å²) in [4.78, 5) is 11.7. The van der Waals surface area contributed by atoms with E-state index in [-0.39, 0.29) is 5.75 Å². The van der Waals surface area contributed by atoms with Crippen LogP contribution >= 0.6 is 0 Å². The summed E-state index contributed by atoms with van der Waals surface area (Å²) < 4.78 is 5.24. The quantitative estimate of drug-likeness (QED) is 0.881. The molecule has 0 aliphatic heterocycles. The molecule has 0 atom stereocenters. The Balaban J connectivity index is 2.68. The summed E-state index contributed by atoms with van der Waals surface area (Å²) in [5.41, 5.74) is 1.33. The lowest BCUT2D eigenvalue weighted by Crippen LogP contribution is -2.32. The maximum absolute atomic E-state index is 11.7. The van der Waals surface area contributed by atoms with Gasteiger partial charge in [0.05, 0.1) is 12.5 Å². The van der Waals surface area contributed by atoms with E-state index in [0.29, 0.717) is 24.2 Å². The molecule has 1 aromatic carbocycles. The molecule has 1 fully saturated rings. The molecule has 0 bridgehead atoms. The Bertz CT molecular complexity index is 513. The number of phenols is 1. The Morgan fingerprint density at radius 1 is 1.32 bits per heavy atom. The van der Waals surface area contributed by atoms with Crippen molar-refractivity contribution in [2.75, 3.05) is 7.11 Å². The van der Waals surface area contributed by atoms with Crippen LogP contribution in [0.2, 0.25) is 0 Å². The number of hydrogen-bond acceptors (Lipinski definition) is 3. The van der Waals surface area contributed by atoms with Crippen LogP contribution in [-0.2, 0) is 10.2 Å². The zero-order valence-corrected chi connectivity index (χ0v) is 11.6. The van der Waals surface area contributed by atoms with Gasteiger partial charge >= 0.3 is 5.97 Å². The highest BCUT2D eigenvalue weighted by atomic mass is 16.5. The number of carboxylic acid groups (broad SMARTS) is 1. The normalized spacial score (nSPS) is 17.4. The molecule has 0 radical (unpaired) electrons. The Labute approximate surface area is 113 Å². The molecule has 19 heavy (non-hydrogen) atoms. The van der Waals surface area contributed by atoms with Gasteiger partial charge in [-0.1, -0.05) is 18.9 Å². The van der Waals surface area contributed by atoms with Crippen LogP contribution in [0, 0.1) is 13.8 Å². The third-order valence-electron chi connectivity index (χ3n) is 4.35. The first-order chi connectivity index (χ1) is 8.94. The van der Waals surface area contributed by atoms with Crippen molar-refractivity contribution in [1.82, 2.24) is 0 Å². The number of carboxylic acids is 1. The van der Waals surface area contributed by atoms with Gasteiger partial charge in [-0.2, -0.15) is 0 Å². The average Bonchev–Trinajstić information content (AvgIpc) is 2.85. The molecule has 0 saturated heterocycles. The van der Waals surface area contributed by atoms with E-state index in [9.17, 15) is 15.0 Å². The zero-order valence-electron chi connectivity index (χ0n) is 11.6. The molecule has 1 aromatic rings. The Hall–Kier alpha value is -1.71. The number of aryl methyl sites for hydroxylation is 1. The van der Waals surface area contributed by atoms with Crippen LogP contribution in [0.25, 0.3) is 0 Å². The van der Waals surface area contributed by atoms with Crippen molar-refractivity contribution in [3.05, 3.63) is 22.8 Å². The molecule has 104 valence electrons. The summed E-state index contributed by atoms with van der Waals surface area (Å²) in [6, 6.07) is 1.80. The van der Waals surface area contributed by atoms with Crippen LogP contribution in [0.4, 0.5) is 0 Å². The molecule has 0 aromatic heterocycles. The zero-order chi connectivity index (χ0) is 14.2. The molecule has 2 rings (SSSR count). The summed E-state index contributed by atoms with van der Waals surface area (Å²) in [5, 5.41) is 20.0. The van der Waals surface area contributed by atoms with Gasteiger partial charge in [0.2, 0.25) is 0 Å². The molecule has 0 amide bonds. The van der Waals surface area contributed by atoms with Crippen molar-refractivity contribution in [3.8, 4) is 11.5 Å². The third-order valence-corrected chi connectivity index (χ3v) is 4.35. The van der Waals surface area contributed by atoms with Gasteiger partial charge in [0, 0.05) is 5.56 Å². The number of aliphatic carboxylic acids is 1. The lowest BCUT2D eigenvalue weighted by Gasteiger charge is -2.27. The fourth-order valence-electron chi connectivity index (χ4n) is 3.06. The lowest BCUT2D eigenvalue weighted by molar-refractivity contribution is -0.143. The van der Waals surface area contributed by atoms with E-state index in [0.717, 1.165) is 24.0 Å². The van der Waals surface area contributed by atoms with Crippen LogP contribution in [0.15, 0.2) is 6.07 Å². The third kappa shape index (κ3) is 1.95. The fraction of sp³-hybridized carbons (Fsp3) is 0.533. The van der Waals surface area contributed by atoms with E-state index < -0.39 is 11.4 Å². The molecule has 0 unspecified atom stereocenters. The Kier molecular flexibility index (Phi) is 3.43. The number of ether oxygens (including phenoxy) is 1.